The number of halogens is 42. The molecule has 0 aromatic rings. The Morgan fingerprint density at radius 3 is 0.560 bits per heavy atom. The number of nitrogens with zero attached hydrogens (tertiary/aromatic N) is 2. The number of ether oxygens (including phenoxy) is 1. The van der Waals surface area contributed by atoms with E-state index in [1.165, 1.54) is 0 Å². The molecule has 0 atom stereocenters. The van der Waals surface area contributed by atoms with Crippen LogP contribution in [0.25, 0.3) is 0 Å². The van der Waals surface area contributed by atoms with E-state index >= 15 is 0 Å². The maximum Gasteiger partial charge on any atom is 0.460 e. The van der Waals surface area contributed by atoms with Crippen LogP contribution < -0.4 is 0 Å². The van der Waals surface area contributed by atoms with E-state index in [4.69, 9.17) is 0 Å². The molecular weight excluding hydrogens is 1260 g/mol. The number of alkyl halides is 42. The second-order valence-corrected chi connectivity index (χ2v) is 17.3. The topological polar surface area (TPSA) is 84.0 Å². The number of rotatable bonds is 24. The third-order valence-corrected chi connectivity index (χ3v) is 12.7. The normalized spacial score (nSPS) is 17.1. The van der Waals surface area contributed by atoms with Crippen LogP contribution >= 0.6 is 0 Å². The molecule has 0 amide bonds. The molecule has 0 saturated carbocycles. The molecule has 0 rings (SSSR count). The number of hydrogen-bond donors (Lipinski definition) is 0. The van der Waals surface area contributed by atoms with Gasteiger partial charge in [-0.05, 0) is 0 Å². The standard InChI is InChI=1S/C24H10F42N2O5S2/c1-3-67(74(69,70)23(63,64)15(45,46)11(37,38)7(29,30)5(25,26)9(33,34)13(41,42)17(49,50)51)19(55,56)21(59,60)73-22(61,62)20(57,58)68(4-2)75(71,72)24(65,66)16(47,48)12(39,40)8(31,32)6(27,28)10(35,36)14(43,44)18(52,53)54/h3-4H2,1-2H3. The number of likely N-dealkylation sites (N-methyl/N-ethyl adjacent to an activating group) is 2. The Bertz CT molecular complexity index is 2140. The Labute approximate surface area is 380 Å². The average molecular weight is 1270 g/mol. The molecule has 0 fully saturated rings. The molecule has 51 heteroatoms. The van der Waals surface area contributed by atoms with Gasteiger partial charge in [-0.3, -0.25) is 0 Å². The Kier molecular flexibility index (Phi) is 17.4. The molecule has 0 N–H and O–H groups in total. The molecule has 0 saturated heterocycles. The first-order valence-corrected chi connectivity index (χ1v) is 19.2. The van der Waals surface area contributed by atoms with Crippen LogP contribution in [0.5, 0.6) is 0 Å². The molecule has 0 spiro atoms. The van der Waals surface area contributed by atoms with Crippen molar-refractivity contribution in [2.45, 2.75) is 132 Å². The third kappa shape index (κ3) is 9.03. The van der Waals surface area contributed by atoms with Crippen LogP contribution in [-0.2, 0) is 24.8 Å². The minimum atomic E-state index is -9.94. The van der Waals surface area contributed by atoms with Crippen molar-refractivity contribution in [1.82, 2.24) is 8.61 Å². The van der Waals surface area contributed by atoms with Crippen molar-refractivity contribution in [2.75, 3.05) is 13.1 Å². The van der Waals surface area contributed by atoms with Crippen LogP contribution in [-0.4, -0.2) is 157 Å². The van der Waals surface area contributed by atoms with E-state index < -0.39 is 174 Å². The first kappa shape index (κ1) is 71.8. The molecule has 0 aliphatic rings. The first-order valence-electron chi connectivity index (χ1n) is 16.3. The summed E-state index contributed by atoms with van der Waals surface area (Å²) in [6, 6.07) is -17.4. The fraction of sp³-hybridized carbons (Fsp3) is 1.00. The molecule has 0 heterocycles. The van der Waals surface area contributed by atoms with Crippen LogP contribution in [0.3, 0.4) is 0 Å². The summed E-state index contributed by atoms with van der Waals surface area (Å²) in [6.45, 7) is -9.36. The Morgan fingerprint density at radius 2 is 0.413 bits per heavy atom. The summed E-state index contributed by atoms with van der Waals surface area (Å²) in [5.41, 5.74) is 0. The number of hydrogen-bond acceptors (Lipinski definition) is 5. The molecule has 0 unspecified atom stereocenters. The fourth-order valence-electron chi connectivity index (χ4n) is 4.51. The average Bonchev–Trinajstić information content (AvgIpc) is 3.15. The summed E-state index contributed by atoms with van der Waals surface area (Å²) in [6.07, 6.45) is -34.6. The summed E-state index contributed by atoms with van der Waals surface area (Å²) >= 11 is 0. The molecule has 0 aromatic carbocycles. The highest BCUT2D eigenvalue weighted by atomic mass is 32.2. The van der Waals surface area contributed by atoms with Gasteiger partial charge in [-0.15, -0.1) is 8.61 Å². The van der Waals surface area contributed by atoms with Crippen LogP contribution in [0.4, 0.5) is 184 Å². The fourth-order valence-corrected chi connectivity index (χ4v) is 7.47. The van der Waals surface area contributed by atoms with Gasteiger partial charge in [0.2, 0.25) is 0 Å². The van der Waals surface area contributed by atoms with Gasteiger partial charge in [-0.25, -0.2) is 21.6 Å². The number of sulfonamides is 2. The highest BCUT2D eigenvalue weighted by Crippen LogP contribution is 2.67. The minimum Gasteiger partial charge on any atom is -0.243 e. The van der Waals surface area contributed by atoms with Crippen LogP contribution in [0.15, 0.2) is 0 Å². The smallest absolute Gasteiger partial charge is 0.243 e. The predicted molar refractivity (Wildman–Crippen MR) is 145 cm³/mol. The summed E-state index contributed by atoms with van der Waals surface area (Å²) in [4.78, 5) is 0. The zero-order valence-corrected chi connectivity index (χ0v) is 34.7. The van der Waals surface area contributed by atoms with Crippen molar-refractivity contribution in [3.63, 3.8) is 0 Å². The van der Waals surface area contributed by atoms with Gasteiger partial charge < -0.3 is 0 Å². The summed E-state index contributed by atoms with van der Waals surface area (Å²) in [5.74, 6) is -115. The zero-order valence-electron chi connectivity index (χ0n) is 33.0. The summed E-state index contributed by atoms with van der Waals surface area (Å²) in [5, 5.41) is -18.8. The van der Waals surface area contributed by atoms with E-state index in [2.05, 4.69) is 0 Å². The molecule has 0 aromatic heterocycles. The third-order valence-electron chi connectivity index (χ3n) is 8.77. The summed E-state index contributed by atoms with van der Waals surface area (Å²) < 4.78 is 620. The Hall–Kier alpha value is -3.16. The minimum absolute atomic E-state index is 0.991. The van der Waals surface area contributed by atoms with Gasteiger partial charge in [0.1, 0.15) is 0 Å². The van der Waals surface area contributed by atoms with Crippen molar-refractivity contribution in [2.24, 2.45) is 0 Å². The molecule has 0 bridgehead atoms. The predicted octanol–water partition coefficient (Wildman–Crippen LogP) is 12.6. The van der Waals surface area contributed by atoms with Gasteiger partial charge in [-0.1, -0.05) is 13.8 Å². The van der Waals surface area contributed by atoms with Crippen molar-refractivity contribution in [3.8, 4) is 0 Å². The van der Waals surface area contributed by atoms with Crippen molar-refractivity contribution < 1.29 is 206 Å². The SMILES string of the molecule is CCN(C(F)(F)C(F)(F)OC(F)(F)C(F)(F)N(CC)S(=O)(=O)C(F)(F)C(F)(F)C(F)(F)C(F)(F)C(F)(F)C(F)(F)C(F)(F)C(F)(F)F)S(=O)(=O)C(F)(F)C(F)(F)C(F)(F)C(F)(F)C(F)(F)C(F)(F)C(F)(F)C(F)(F)F. The highest BCUT2D eigenvalue weighted by Gasteiger charge is 2.99. The lowest BCUT2D eigenvalue weighted by Crippen LogP contribution is -2.76. The Morgan fingerprint density at radius 1 is 0.267 bits per heavy atom. The van der Waals surface area contributed by atoms with Gasteiger partial charge >= 0.3 is 118 Å². The monoisotopic (exact) mass is 1270 g/mol. The maximum atomic E-state index is 14.8. The van der Waals surface area contributed by atoms with Gasteiger partial charge in [0.15, 0.2) is 0 Å². The van der Waals surface area contributed by atoms with Crippen molar-refractivity contribution >= 4 is 20.0 Å². The lowest BCUT2D eigenvalue weighted by atomic mass is 9.91. The van der Waals surface area contributed by atoms with Crippen molar-refractivity contribution in [1.29, 1.82) is 0 Å². The second kappa shape index (κ2) is 18.2. The molecule has 0 radical (unpaired) electrons. The Balaban J connectivity index is 7.89. The largest absolute Gasteiger partial charge is 0.460 e. The van der Waals surface area contributed by atoms with Crippen LogP contribution in [0.1, 0.15) is 13.8 Å². The molecule has 0 aliphatic heterocycles. The van der Waals surface area contributed by atoms with Gasteiger partial charge in [0.25, 0.3) is 20.0 Å². The van der Waals surface area contributed by atoms with Crippen molar-refractivity contribution in [3.05, 3.63) is 0 Å². The quantitative estimate of drug-likeness (QED) is 0.0710. The molecule has 75 heavy (non-hydrogen) atoms. The van der Waals surface area contributed by atoms with Gasteiger partial charge in [0.05, 0.1) is 0 Å². The van der Waals surface area contributed by atoms with Crippen LogP contribution in [0.2, 0.25) is 0 Å². The van der Waals surface area contributed by atoms with Gasteiger partial charge in [0, 0.05) is 13.1 Å². The second-order valence-electron chi connectivity index (χ2n) is 13.5. The van der Waals surface area contributed by atoms with E-state index in [0.717, 1.165) is 4.74 Å². The van der Waals surface area contributed by atoms with E-state index in [1.807, 2.05) is 0 Å². The van der Waals surface area contributed by atoms with E-state index in [0.29, 0.717) is 0 Å². The zero-order chi connectivity index (χ0) is 62.3. The lowest BCUT2D eigenvalue weighted by molar-refractivity contribution is -0.490. The van der Waals surface area contributed by atoms with E-state index in [-0.39, 0.29) is 0 Å². The van der Waals surface area contributed by atoms with Crippen LogP contribution in [0, 0.1) is 0 Å². The maximum absolute atomic E-state index is 14.8. The first-order chi connectivity index (χ1) is 31.6. The summed E-state index contributed by atoms with van der Waals surface area (Å²) in [7, 11) is -19.9. The highest BCUT2D eigenvalue weighted by molar-refractivity contribution is 7.90. The molecule has 0 aliphatic carbocycles. The van der Waals surface area contributed by atoms with E-state index in [9.17, 15) is 201 Å². The lowest BCUT2D eigenvalue weighted by Gasteiger charge is -2.44. The molecule has 7 nitrogen and oxygen atoms in total. The molecular formula is C24H10F42N2O5S2. The van der Waals surface area contributed by atoms with E-state index in [1.54, 1.807) is 0 Å². The van der Waals surface area contributed by atoms with Gasteiger partial charge in [-0.2, -0.15) is 184 Å². The molecule has 452 valence electrons.